The fourth-order valence-electron chi connectivity index (χ4n) is 3.97. The largest absolute Gasteiger partial charge is 0.325 e. The van der Waals surface area contributed by atoms with Crippen LogP contribution in [-0.4, -0.2) is 52.2 Å². The summed E-state index contributed by atoms with van der Waals surface area (Å²) in [4.78, 5) is 12.8. The highest BCUT2D eigenvalue weighted by molar-refractivity contribution is 7.99. The third kappa shape index (κ3) is 5.68. The summed E-state index contributed by atoms with van der Waals surface area (Å²) in [5.41, 5.74) is 2.63. The molecule has 10 heteroatoms. The number of rotatable bonds is 7. The Morgan fingerprint density at radius 3 is 2.38 bits per heavy atom. The van der Waals surface area contributed by atoms with Gasteiger partial charge in [-0.1, -0.05) is 36.7 Å². The van der Waals surface area contributed by atoms with E-state index in [-0.39, 0.29) is 16.6 Å². The number of amides is 1. The Kier molecular flexibility index (Phi) is 7.70. The van der Waals surface area contributed by atoms with E-state index in [4.69, 9.17) is 0 Å². The van der Waals surface area contributed by atoms with Gasteiger partial charge in [0, 0.05) is 24.5 Å². The van der Waals surface area contributed by atoms with Crippen LogP contribution in [0, 0.1) is 13.8 Å². The van der Waals surface area contributed by atoms with Gasteiger partial charge in [0.25, 0.3) is 0 Å². The number of sulfonamides is 1. The van der Waals surface area contributed by atoms with Crippen LogP contribution in [0.3, 0.4) is 0 Å². The Hall–Kier alpha value is -2.69. The summed E-state index contributed by atoms with van der Waals surface area (Å²) in [7, 11) is -3.51. The molecule has 0 atom stereocenters. The molecule has 1 fully saturated rings. The van der Waals surface area contributed by atoms with Crippen molar-refractivity contribution < 1.29 is 13.2 Å². The Bertz CT molecular complexity index is 1250. The molecular formula is C24H29N5O3S2. The molecule has 1 aromatic heterocycles. The van der Waals surface area contributed by atoms with Gasteiger partial charge in [0.05, 0.1) is 10.6 Å². The number of hydrogen-bond acceptors (Lipinski definition) is 6. The topological polar surface area (TPSA) is 97.2 Å². The molecule has 8 nitrogen and oxygen atoms in total. The van der Waals surface area contributed by atoms with Gasteiger partial charge < -0.3 is 5.32 Å². The molecule has 0 spiro atoms. The first-order valence-electron chi connectivity index (χ1n) is 11.4. The molecule has 4 rings (SSSR count). The maximum atomic E-state index is 12.9. The molecule has 0 aliphatic carbocycles. The van der Waals surface area contributed by atoms with Gasteiger partial charge in [0.1, 0.15) is 5.82 Å². The van der Waals surface area contributed by atoms with Gasteiger partial charge >= 0.3 is 0 Å². The number of nitrogens with one attached hydrogen (secondary N) is 1. The molecule has 1 saturated heterocycles. The Morgan fingerprint density at radius 2 is 1.71 bits per heavy atom. The van der Waals surface area contributed by atoms with Gasteiger partial charge in [0.15, 0.2) is 5.16 Å². The van der Waals surface area contributed by atoms with Crippen molar-refractivity contribution in [1.29, 1.82) is 0 Å². The molecule has 1 amide bonds. The predicted molar refractivity (Wildman–Crippen MR) is 134 cm³/mol. The summed E-state index contributed by atoms with van der Waals surface area (Å²) < 4.78 is 29.3. The lowest BCUT2D eigenvalue weighted by Crippen LogP contribution is -2.31. The summed E-state index contributed by atoms with van der Waals surface area (Å²) in [6, 6.07) is 14.4. The van der Waals surface area contributed by atoms with E-state index in [1.54, 1.807) is 28.6 Å². The number of thioether (sulfide) groups is 1. The number of nitrogens with zero attached hydrogens (tertiary/aromatic N) is 4. The van der Waals surface area contributed by atoms with E-state index in [1.165, 1.54) is 11.8 Å². The summed E-state index contributed by atoms with van der Waals surface area (Å²) in [5, 5.41) is 11.8. The summed E-state index contributed by atoms with van der Waals surface area (Å²) in [6.07, 6.45) is 3.91. The van der Waals surface area contributed by atoms with E-state index in [0.717, 1.165) is 42.8 Å². The first kappa shape index (κ1) is 24.4. The highest BCUT2D eigenvalue weighted by atomic mass is 32.2. The molecule has 3 aromatic rings. The third-order valence-electron chi connectivity index (χ3n) is 5.73. The lowest BCUT2D eigenvalue weighted by atomic mass is 10.2. The van der Waals surface area contributed by atoms with Crippen LogP contribution in [0.5, 0.6) is 0 Å². The van der Waals surface area contributed by atoms with E-state index in [2.05, 4.69) is 15.5 Å². The lowest BCUT2D eigenvalue weighted by molar-refractivity contribution is -0.113. The first-order chi connectivity index (χ1) is 16.3. The van der Waals surface area contributed by atoms with Gasteiger partial charge in [-0.05, 0) is 68.7 Å². The molecule has 34 heavy (non-hydrogen) atoms. The standard InChI is InChI=1S/C24H29N5O3S2/c1-18-8-7-9-21(16-18)29-19(2)26-27-24(29)33-17-23(30)25-20-10-12-22(13-11-20)34(31,32)28-14-5-3-4-6-15-28/h7-13,16H,3-6,14-15,17H2,1-2H3,(H,25,30). The molecule has 1 N–H and O–H groups in total. The van der Waals surface area contributed by atoms with Crippen LogP contribution < -0.4 is 5.32 Å². The zero-order valence-electron chi connectivity index (χ0n) is 19.4. The summed E-state index contributed by atoms with van der Waals surface area (Å²) in [6.45, 7) is 5.02. The molecule has 1 aliphatic rings. The Balaban J connectivity index is 1.38. The molecule has 0 bridgehead atoms. The maximum absolute atomic E-state index is 12.9. The van der Waals surface area contributed by atoms with E-state index >= 15 is 0 Å². The third-order valence-corrected chi connectivity index (χ3v) is 8.57. The number of aromatic nitrogens is 3. The zero-order chi connectivity index (χ0) is 24.1. The fraction of sp³-hybridized carbons (Fsp3) is 0.375. The smallest absolute Gasteiger partial charge is 0.243 e. The number of carbonyl (C=O) groups excluding carboxylic acids is 1. The predicted octanol–water partition coefficient (Wildman–Crippen LogP) is 4.18. The van der Waals surface area contributed by atoms with Gasteiger partial charge in [-0.2, -0.15) is 4.31 Å². The number of aryl methyl sites for hydroxylation is 2. The molecule has 180 valence electrons. The van der Waals surface area contributed by atoms with Crippen molar-refractivity contribution in [3.05, 3.63) is 59.9 Å². The molecule has 2 heterocycles. The minimum atomic E-state index is -3.51. The summed E-state index contributed by atoms with van der Waals surface area (Å²) >= 11 is 1.30. The first-order valence-corrected chi connectivity index (χ1v) is 13.8. The van der Waals surface area contributed by atoms with Gasteiger partial charge in [-0.15, -0.1) is 10.2 Å². The molecule has 0 unspecified atom stereocenters. The van der Waals surface area contributed by atoms with Crippen molar-refractivity contribution in [2.75, 3.05) is 24.2 Å². The van der Waals surface area contributed by atoms with Crippen LogP contribution in [0.4, 0.5) is 5.69 Å². The van der Waals surface area contributed by atoms with Crippen molar-refractivity contribution in [2.24, 2.45) is 0 Å². The SMILES string of the molecule is Cc1cccc(-n2c(C)nnc2SCC(=O)Nc2ccc(S(=O)(=O)N3CCCCCC3)cc2)c1. The van der Waals surface area contributed by atoms with Crippen LogP contribution in [0.2, 0.25) is 0 Å². The van der Waals surface area contributed by atoms with Crippen molar-refractivity contribution in [2.45, 2.75) is 49.6 Å². The highest BCUT2D eigenvalue weighted by Gasteiger charge is 2.25. The second-order valence-corrected chi connectivity index (χ2v) is 11.3. The van der Waals surface area contributed by atoms with Crippen molar-refractivity contribution >= 4 is 33.4 Å². The van der Waals surface area contributed by atoms with E-state index in [1.807, 2.05) is 42.7 Å². The molecule has 0 saturated carbocycles. The molecule has 1 aliphatic heterocycles. The minimum Gasteiger partial charge on any atom is -0.325 e. The number of anilines is 1. The maximum Gasteiger partial charge on any atom is 0.243 e. The second kappa shape index (κ2) is 10.7. The van der Waals surface area contributed by atoms with Crippen molar-refractivity contribution in [1.82, 2.24) is 19.1 Å². The minimum absolute atomic E-state index is 0.151. The Labute approximate surface area is 204 Å². The lowest BCUT2D eigenvalue weighted by Gasteiger charge is -2.20. The van der Waals surface area contributed by atoms with Gasteiger partial charge in [0.2, 0.25) is 15.9 Å². The van der Waals surface area contributed by atoms with Crippen molar-refractivity contribution in [3.8, 4) is 5.69 Å². The second-order valence-electron chi connectivity index (χ2n) is 8.38. The number of carbonyl (C=O) groups is 1. The van der Waals surface area contributed by atoms with Crippen molar-refractivity contribution in [3.63, 3.8) is 0 Å². The van der Waals surface area contributed by atoms with E-state index in [0.29, 0.717) is 23.9 Å². The van der Waals surface area contributed by atoms with Crippen LogP contribution in [0.15, 0.2) is 58.6 Å². The van der Waals surface area contributed by atoms with Crippen LogP contribution in [0.25, 0.3) is 5.69 Å². The van der Waals surface area contributed by atoms with E-state index in [9.17, 15) is 13.2 Å². The molecule has 2 aromatic carbocycles. The van der Waals surface area contributed by atoms with Crippen LogP contribution in [0.1, 0.15) is 37.1 Å². The fourth-order valence-corrected chi connectivity index (χ4v) is 6.28. The summed E-state index contributed by atoms with van der Waals surface area (Å²) in [5.74, 6) is 0.692. The Morgan fingerprint density at radius 1 is 1.00 bits per heavy atom. The normalized spacial score (nSPS) is 15.1. The zero-order valence-corrected chi connectivity index (χ0v) is 21.0. The number of hydrogen-bond donors (Lipinski definition) is 1. The van der Waals surface area contributed by atoms with Crippen LogP contribution >= 0.6 is 11.8 Å². The quantitative estimate of drug-likeness (QED) is 0.490. The monoisotopic (exact) mass is 499 g/mol. The highest BCUT2D eigenvalue weighted by Crippen LogP contribution is 2.24. The average molecular weight is 500 g/mol. The van der Waals surface area contributed by atoms with Gasteiger partial charge in [-0.25, -0.2) is 8.42 Å². The van der Waals surface area contributed by atoms with Gasteiger partial charge in [-0.3, -0.25) is 9.36 Å². The van der Waals surface area contributed by atoms with E-state index < -0.39 is 10.0 Å². The molecule has 0 radical (unpaired) electrons. The number of benzene rings is 2. The molecular weight excluding hydrogens is 470 g/mol. The average Bonchev–Trinajstić information content (AvgIpc) is 2.99. The van der Waals surface area contributed by atoms with Crippen LogP contribution in [-0.2, 0) is 14.8 Å².